The zero-order valence-electron chi connectivity index (χ0n) is 14.2. The van der Waals surface area contributed by atoms with E-state index < -0.39 is 5.66 Å². The van der Waals surface area contributed by atoms with Gasteiger partial charge in [0.25, 0.3) is 0 Å². The molecule has 1 aromatic rings. The lowest BCUT2D eigenvalue weighted by molar-refractivity contribution is 0.0982. The fraction of sp³-hybridized carbons (Fsp3) is 0.500. The molecular formula is C18H25N5O. The average Bonchev–Trinajstić information content (AvgIpc) is 2.55. The number of Topliss-reactive ketones (excluding diaryl/α,β-unsaturated/α-hetero) is 1. The standard InChI is InChI=1S/C18H25N5O/c1-2-6-15(24)13-7-9-14(10-8-13)23-17(20)21-16(19)22-18(23)11-4-3-5-12-18/h7-10H,2-6,11-12H2,1H3,(H4,19,20,21,22). The lowest BCUT2D eigenvalue weighted by Crippen LogP contribution is -2.58. The molecule has 0 unspecified atom stereocenters. The number of hydrogen-bond acceptors (Lipinski definition) is 6. The van der Waals surface area contributed by atoms with Crippen LogP contribution in [0, 0.1) is 0 Å². The predicted octanol–water partition coefficient (Wildman–Crippen LogP) is 2.78. The molecule has 0 amide bonds. The van der Waals surface area contributed by atoms with E-state index in [9.17, 15) is 4.79 Å². The van der Waals surface area contributed by atoms with Crippen LogP contribution in [0.3, 0.4) is 0 Å². The highest BCUT2D eigenvalue weighted by Crippen LogP contribution is 2.39. The molecule has 4 N–H and O–H groups in total. The number of rotatable bonds is 4. The van der Waals surface area contributed by atoms with Crippen LogP contribution in [0.25, 0.3) is 0 Å². The second-order valence-electron chi connectivity index (χ2n) is 6.54. The summed E-state index contributed by atoms with van der Waals surface area (Å²) in [7, 11) is 0. The Morgan fingerprint density at radius 3 is 2.46 bits per heavy atom. The molecule has 3 rings (SSSR count). The van der Waals surface area contributed by atoms with Gasteiger partial charge in [0.15, 0.2) is 5.78 Å². The van der Waals surface area contributed by atoms with Gasteiger partial charge in [0.1, 0.15) is 5.66 Å². The van der Waals surface area contributed by atoms with E-state index in [1.54, 1.807) is 0 Å². The van der Waals surface area contributed by atoms with Crippen LogP contribution in [0.15, 0.2) is 34.3 Å². The monoisotopic (exact) mass is 327 g/mol. The van der Waals surface area contributed by atoms with Gasteiger partial charge in [0, 0.05) is 17.7 Å². The highest BCUT2D eigenvalue weighted by atomic mass is 16.1. The Kier molecular flexibility index (Phi) is 4.55. The minimum atomic E-state index is -0.441. The first-order chi connectivity index (χ1) is 11.6. The normalized spacial score (nSPS) is 19.8. The number of ketones is 1. The van der Waals surface area contributed by atoms with Gasteiger partial charge in [0.2, 0.25) is 11.9 Å². The maximum atomic E-state index is 12.0. The van der Waals surface area contributed by atoms with Crippen molar-refractivity contribution in [3.63, 3.8) is 0 Å². The second-order valence-corrected chi connectivity index (χ2v) is 6.54. The average molecular weight is 327 g/mol. The molecule has 0 radical (unpaired) electrons. The van der Waals surface area contributed by atoms with E-state index in [-0.39, 0.29) is 11.7 Å². The Hall–Kier alpha value is -2.37. The number of nitrogens with zero attached hydrogens (tertiary/aromatic N) is 3. The summed E-state index contributed by atoms with van der Waals surface area (Å²) in [4.78, 5) is 22.8. The molecule has 6 nitrogen and oxygen atoms in total. The number of benzene rings is 1. The summed E-state index contributed by atoms with van der Waals surface area (Å²) in [6.07, 6.45) is 6.61. The topological polar surface area (TPSA) is 97.1 Å². The molecule has 0 bridgehead atoms. The van der Waals surface area contributed by atoms with Crippen LogP contribution in [0.5, 0.6) is 0 Å². The van der Waals surface area contributed by atoms with E-state index in [0.717, 1.165) is 43.4 Å². The Bertz CT molecular complexity index is 671. The number of anilines is 1. The van der Waals surface area contributed by atoms with E-state index in [4.69, 9.17) is 11.5 Å². The Morgan fingerprint density at radius 1 is 1.17 bits per heavy atom. The molecule has 1 aliphatic carbocycles. The summed E-state index contributed by atoms with van der Waals surface area (Å²) in [5.74, 6) is 0.788. The van der Waals surface area contributed by atoms with Crippen molar-refractivity contribution in [2.45, 2.75) is 57.5 Å². The molecule has 128 valence electrons. The fourth-order valence-corrected chi connectivity index (χ4v) is 3.66. The third kappa shape index (κ3) is 3.00. The Morgan fingerprint density at radius 2 is 1.83 bits per heavy atom. The summed E-state index contributed by atoms with van der Waals surface area (Å²) >= 11 is 0. The number of carbonyl (C=O) groups is 1. The number of carbonyl (C=O) groups excluding carboxylic acids is 1. The molecule has 0 atom stereocenters. The van der Waals surface area contributed by atoms with Crippen LogP contribution >= 0.6 is 0 Å². The smallest absolute Gasteiger partial charge is 0.220 e. The van der Waals surface area contributed by atoms with Crippen molar-refractivity contribution in [2.75, 3.05) is 4.90 Å². The molecule has 2 aliphatic rings. The molecule has 0 saturated heterocycles. The molecular weight excluding hydrogens is 302 g/mol. The summed E-state index contributed by atoms with van der Waals surface area (Å²) in [6.45, 7) is 2.01. The minimum absolute atomic E-state index is 0.166. The lowest BCUT2D eigenvalue weighted by Gasteiger charge is -2.45. The van der Waals surface area contributed by atoms with Gasteiger partial charge in [-0.3, -0.25) is 9.69 Å². The molecule has 6 heteroatoms. The first kappa shape index (κ1) is 16.5. The van der Waals surface area contributed by atoms with Crippen LogP contribution in [0.2, 0.25) is 0 Å². The zero-order valence-corrected chi connectivity index (χ0v) is 14.2. The fourth-order valence-electron chi connectivity index (χ4n) is 3.66. The summed E-state index contributed by atoms with van der Waals surface area (Å²) < 4.78 is 0. The molecule has 1 aliphatic heterocycles. The van der Waals surface area contributed by atoms with Crippen molar-refractivity contribution >= 4 is 23.4 Å². The third-order valence-corrected chi connectivity index (χ3v) is 4.78. The van der Waals surface area contributed by atoms with Crippen molar-refractivity contribution in [1.29, 1.82) is 0 Å². The van der Waals surface area contributed by atoms with Crippen molar-refractivity contribution < 1.29 is 4.79 Å². The van der Waals surface area contributed by atoms with Crippen LogP contribution in [0.4, 0.5) is 5.69 Å². The molecule has 1 aromatic carbocycles. The zero-order chi connectivity index (χ0) is 17.2. The van der Waals surface area contributed by atoms with Crippen molar-refractivity contribution in [2.24, 2.45) is 21.5 Å². The highest BCUT2D eigenvalue weighted by Gasteiger charge is 2.42. The van der Waals surface area contributed by atoms with Gasteiger partial charge in [-0.2, -0.15) is 4.99 Å². The van der Waals surface area contributed by atoms with E-state index in [0.29, 0.717) is 12.4 Å². The molecule has 1 heterocycles. The van der Waals surface area contributed by atoms with Crippen LogP contribution in [-0.4, -0.2) is 23.4 Å². The maximum Gasteiger partial charge on any atom is 0.220 e. The van der Waals surface area contributed by atoms with Crippen LogP contribution in [-0.2, 0) is 0 Å². The van der Waals surface area contributed by atoms with Gasteiger partial charge in [-0.05, 0) is 56.4 Å². The third-order valence-electron chi connectivity index (χ3n) is 4.78. The predicted molar refractivity (Wildman–Crippen MR) is 97.2 cm³/mol. The largest absolute Gasteiger partial charge is 0.369 e. The molecule has 0 aromatic heterocycles. The number of guanidine groups is 2. The summed E-state index contributed by atoms with van der Waals surface area (Å²) in [6, 6.07) is 7.58. The van der Waals surface area contributed by atoms with Crippen molar-refractivity contribution in [1.82, 2.24) is 0 Å². The Balaban J connectivity index is 1.93. The highest BCUT2D eigenvalue weighted by molar-refractivity contribution is 6.06. The first-order valence-electron chi connectivity index (χ1n) is 8.69. The van der Waals surface area contributed by atoms with Crippen molar-refractivity contribution in [3.05, 3.63) is 29.8 Å². The van der Waals surface area contributed by atoms with Gasteiger partial charge in [-0.25, -0.2) is 4.99 Å². The van der Waals surface area contributed by atoms with E-state index in [2.05, 4.69) is 9.98 Å². The van der Waals surface area contributed by atoms with Gasteiger partial charge in [0.05, 0.1) is 0 Å². The number of aliphatic imine (C=N–C) groups is 2. The number of nitrogens with two attached hydrogens (primary N) is 2. The summed E-state index contributed by atoms with van der Waals surface area (Å²) in [5.41, 5.74) is 13.3. The maximum absolute atomic E-state index is 12.0. The van der Waals surface area contributed by atoms with Gasteiger partial charge in [-0.15, -0.1) is 0 Å². The summed E-state index contributed by atoms with van der Waals surface area (Å²) in [5, 5.41) is 0. The second kappa shape index (κ2) is 6.63. The van der Waals surface area contributed by atoms with E-state index in [1.165, 1.54) is 6.42 Å². The SMILES string of the molecule is CCCC(=O)c1ccc(N2C(N)=NC(N)=NC23CCCCC3)cc1. The lowest BCUT2D eigenvalue weighted by atomic mass is 9.87. The van der Waals surface area contributed by atoms with Gasteiger partial charge < -0.3 is 11.5 Å². The van der Waals surface area contributed by atoms with E-state index in [1.807, 2.05) is 36.1 Å². The quantitative estimate of drug-likeness (QED) is 0.831. The number of hydrogen-bond donors (Lipinski definition) is 2. The van der Waals surface area contributed by atoms with Gasteiger partial charge >= 0.3 is 0 Å². The van der Waals surface area contributed by atoms with E-state index >= 15 is 0 Å². The first-order valence-corrected chi connectivity index (χ1v) is 8.69. The van der Waals surface area contributed by atoms with Crippen LogP contribution in [0.1, 0.15) is 62.2 Å². The molecule has 1 saturated carbocycles. The molecule has 24 heavy (non-hydrogen) atoms. The Labute approximate surface area is 142 Å². The minimum Gasteiger partial charge on any atom is -0.369 e. The van der Waals surface area contributed by atoms with Crippen molar-refractivity contribution in [3.8, 4) is 0 Å². The van der Waals surface area contributed by atoms with Gasteiger partial charge in [-0.1, -0.05) is 13.3 Å². The molecule has 1 fully saturated rings. The van der Waals surface area contributed by atoms with Crippen LogP contribution < -0.4 is 16.4 Å². The molecule has 1 spiro atoms.